The maximum atomic E-state index is 13.3. The van der Waals surface area contributed by atoms with Gasteiger partial charge < -0.3 is 0 Å². The van der Waals surface area contributed by atoms with E-state index in [4.69, 9.17) is 0 Å². The van der Waals surface area contributed by atoms with Crippen LogP contribution in [0.15, 0.2) is 35.4 Å². The zero-order valence-electron chi connectivity index (χ0n) is 14.0. The largest absolute Gasteiger partial charge is 0.416 e. The van der Waals surface area contributed by atoms with Gasteiger partial charge in [0.15, 0.2) is 5.82 Å². The van der Waals surface area contributed by atoms with E-state index in [0.717, 1.165) is 18.5 Å². The Kier molecular flexibility index (Phi) is 5.22. The van der Waals surface area contributed by atoms with E-state index in [1.165, 1.54) is 0 Å². The van der Waals surface area contributed by atoms with Gasteiger partial charge in [-0.25, -0.2) is 27.8 Å². The van der Waals surface area contributed by atoms with Gasteiger partial charge in [0.05, 0.1) is 23.3 Å². The van der Waals surface area contributed by atoms with Gasteiger partial charge in [-0.2, -0.15) is 18.3 Å². The molecule has 0 bridgehead atoms. The van der Waals surface area contributed by atoms with Crippen molar-refractivity contribution >= 4 is 22.6 Å². The fraction of sp³-hybridized carbons (Fsp3) is 0.188. The van der Waals surface area contributed by atoms with Crippen LogP contribution in [0.2, 0.25) is 0 Å². The molecule has 0 aliphatic carbocycles. The van der Waals surface area contributed by atoms with Crippen molar-refractivity contribution in [2.45, 2.75) is 19.1 Å². The van der Waals surface area contributed by atoms with E-state index >= 15 is 0 Å². The van der Waals surface area contributed by atoms with E-state index < -0.39 is 58.5 Å². The van der Waals surface area contributed by atoms with Gasteiger partial charge in [0, 0.05) is 5.39 Å². The number of hydrogen-bond acceptors (Lipinski definition) is 5. The molecule has 29 heavy (non-hydrogen) atoms. The number of nitrogens with one attached hydrogen (secondary N) is 1. The first-order valence-corrected chi connectivity index (χ1v) is 7.74. The molecule has 3 aromatic rings. The van der Waals surface area contributed by atoms with Crippen molar-refractivity contribution in [1.29, 1.82) is 0 Å². The lowest BCUT2D eigenvalue weighted by Crippen LogP contribution is -2.31. The van der Waals surface area contributed by atoms with Crippen molar-refractivity contribution in [3.8, 4) is 0 Å². The summed E-state index contributed by atoms with van der Waals surface area (Å²) in [7, 11) is 0. The summed E-state index contributed by atoms with van der Waals surface area (Å²) in [4.78, 5) is 31.3. The Bertz CT molecular complexity index is 1130. The van der Waals surface area contributed by atoms with Crippen molar-refractivity contribution in [1.82, 2.24) is 19.7 Å². The quantitative estimate of drug-likeness (QED) is 0.660. The summed E-state index contributed by atoms with van der Waals surface area (Å²) in [6.07, 6.45) is -6.60. The number of carbonyl (C=O) groups excluding carboxylic acids is 1. The Hall–Kier alpha value is -3.51. The molecule has 0 saturated carbocycles. The summed E-state index contributed by atoms with van der Waals surface area (Å²) in [5, 5.41) is 4.32. The van der Waals surface area contributed by atoms with E-state index in [0.29, 0.717) is 16.8 Å². The minimum Gasteiger partial charge on any atom is -0.293 e. The zero-order valence-corrected chi connectivity index (χ0v) is 14.0. The van der Waals surface area contributed by atoms with Crippen molar-refractivity contribution in [3.05, 3.63) is 58.0 Å². The third-order valence-corrected chi connectivity index (χ3v) is 3.69. The molecule has 0 atom stereocenters. The average molecular weight is 417 g/mol. The number of halogens is 6. The van der Waals surface area contributed by atoms with Gasteiger partial charge in [-0.1, -0.05) is 0 Å². The van der Waals surface area contributed by atoms with E-state index in [-0.39, 0.29) is 5.95 Å². The van der Waals surface area contributed by atoms with Crippen molar-refractivity contribution in [3.63, 3.8) is 0 Å². The van der Waals surface area contributed by atoms with Gasteiger partial charge in [-0.15, -0.1) is 0 Å². The second kappa shape index (κ2) is 7.48. The van der Waals surface area contributed by atoms with E-state index in [1.807, 2.05) is 0 Å². The normalized spacial score (nSPS) is 11.8. The van der Waals surface area contributed by atoms with Crippen LogP contribution in [0.5, 0.6) is 0 Å². The third kappa shape index (κ3) is 4.33. The topological polar surface area (TPSA) is 89.8 Å². The molecule has 2 aromatic heterocycles. The Morgan fingerprint density at radius 2 is 1.79 bits per heavy atom. The van der Waals surface area contributed by atoms with Gasteiger partial charge in [0.1, 0.15) is 12.2 Å². The highest BCUT2D eigenvalue weighted by molar-refractivity contribution is 5.89. The summed E-state index contributed by atoms with van der Waals surface area (Å²) in [5.41, 5.74) is -3.36. The van der Waals surface area contributed by atoms with Gasteiger partial charge in [0.2, 0.25) is 11.9 Å². The molecule has 0 saturated heterocycles. The lowest BCUT2D eigenvalue weighted by atomic mass is 10.1. The van der Waals surface area contributed by atoms with Crippen LogP contribution < -0.4 is 10.9 Å². The lowest BCUT2D eigenvalue weighted by molar-refractivity contribution is -0.137. The highest BCUT2D eigenvalue weighted by Crippen LogP contribution is 2.33. The smallest absolute Gasteiger partial charge is 0.293 e. The molecular weight excluding hydrogens is 408 g/mol. The fourth-order valence-electron chi connectivity index (χ4n) is 2.43. The third-order valence-electron chi connectivity index (χ3n) is 3.69. The Morgan fingerprint density at radius 3 is 2.38 bits per heavy atom. The van der Waals surface area contributed by atoms with Crippen LogP contribution in [0, 0.1) is 5.82 Å². The van der Waals surface area contributed by atoms with Crippen LogP contribution in [-0.4, -0.2) is 25.7 Å². The highest BCUT2D eigenvalue weighted by Gasteiger charge is 2.31. The number of fused-ring (bicyclic) bond motifs is 1. The molecule has 0 aliphatic heterocycles. The average Bonchev–Trinajstić information content (AvgIpc) is 2.64. The SMILES string of the molecule is O=C(Cn1nc(C(F)F)c2cc(C(F)(F)F)ccc2c1=O)Nc1ncc(F)cn1. The van der Waals surface area contributed by atoms with Crippen LogP contribution in [0.4, 0.5) is 32.3 Å². The van der Waals surface area contributed by atoms with Crippen LogP contribution in [0.1, 0.15) is 17.7 Å². The highest BCUT2D eigenvalue weighted by atomic mass is 19.4. The molecule has 3 rings (SSSR count). The molecule has 152 valence electrons. The van der Waals surface area contributed by atoms with Gasteiger partial charge >= 0.3 is 6.18 Å². The number of alkyl halides is 5. The van der Waals surface area contributed by atoms with Crippen molar-refractivity contribution < 1.29 is 31.1 Å². The molecule has 1 amide bonds. The van der Waals surface area contributed by atoms with Gasteiger partial charge in [-0.3, -0.25) is 14.9 Å². The predicted octanol–water partition coefficient (Wildman–Crippen LogP) is 2.92. The summed E-state index contributed by atoms with van der Waals surface area (Å²) >= 11 is 0. The number of rotatable bonds is 4. The standard InChI is InChI=1S/C16H9F6N5O2/c17-8-4-23-15(24-5-8)25-11(28)6-27-14(29)9-2-1-7(16(20,21)22)3-10(9)12(26-27)13(18)19/h1-5,13H,6H2,(H,23,24,25,28). The molecule has 2 heterocycles. The lowest BCUT2D eigenvalue weighted by Gasteiger charge is -2.12. The molecule has 1 aromatic carbocycles. The summed E-state index contributed by atoms with van der Waals surface area (Å²) in [6, 6.07) is 1.71. The number of nitrogens with zero attached hydrogens (tertiary/aromatic N) is 4. The Balaban J connectivity index is 2.00. The number of aromatic nitrogens is 4. The molecule has 13 heteroatoms. The van der Waals surface area contributed by atoms with Crippen LogP contribution in [0.3, 0.4) is 0 Å². The summed E-state index contributed by atoms with van der Waals surface area (Å²) < 4.78 is 78.4. The molecule has 0 radical (unpaired) electrons. The molecule has 0 spiro atoms. The maximum absolute atomic E-state index is 13.3. The fourth-order valence-corrected chi connectivity index (χ4v) is 2.43. The maximum Gasteiger partial charge on any atom is 0.416 e. The first kappa shape index (κ1) is 20.2. The second-order valence-corrected chi connectivity index (χ2v) is 5.68. The first-order valence-electron chi connectivity index (χ1n) is 7.74. The number of hydrogen-bond donors (Lipinski definition) is 1. The van der Waals surface area contributed by atoms with E-state index in [2.05, 4.69) is 20.4 Å². The van der Waals surface area contributed by atoms with Gasteiger partial charge in [0.25, 0.3) is 12.0 Å². The molecule has 0 aliphatic rings. The summed E-state index contributed by atoms with van der Waals surface area (Å²) in [5.74, 6) is -2.03. The number of carbonyl (C=O) groups is 1. The summed E-state index contributed by atoms with van der Waals surface area (Å²) in [6.45, 7) is -0.851. The van der Waals surface area contributed by atoms with Gasteiger partial charge in [-0.05, 0) is 18.2 Å². The Labute approximate surface area is 157 Å². The van der Waals surface area contributed by atoms with Crippen molar-refractivity contribution in [2.24, 2.45) is 0 Å². The monoisotopic (exact) mass is 417 g/mol. The van der Waals surface area contributed by atoms with Crippen LogP contribution in [-0.2, 0) is 17.5 Å². The minimum atomic E-state index is -4.81. The number of amides is 1. The van der Waals surface area contributed by atoms with Crippen LogP contribution in [0.25, 0.3) is 10.8 Å². The van der Waals surface area contributed by atoms with Crippen LogP contribution >= 0.6 is 0 Å². The van der Waals surface area contributed by atoms with E-state index in [9.17, 15) is 35.9 Å². The first-order chi connectivity index (χ1) is 13.6. The zero-order chi connectivity index (χ0) is 21.3. The molecule has 0 fully saturated rings. The van der Waals surface area contributed by atoms with Crippen molar-refractivity contribution in [2.75, 3.05) is 5.32 Å². The number of anilines is 1. The Morgan fingerprint density at radius 1 is 1.14 bits per heavy atom. The predicted molar refractivity (Wildman–Crippen MR) is 86.6 cm³/mol. The minimum absolute atomic E-state index is 0.311. The number of benzene rings is 1. The molecule has 1 N–H and O–H groups in total. The second-order valence-electron chi connectivity index (χ2n) is 5.68. The molecular formula is C16H9F6N5O2. The molecule has 7 nitrogen and oxygen atoms in total. The van der Waals surface area contributed by atoms with E-state index in [1.54, 1.807) is 0 Å². The molecule has 0 unspecified atom stereocenters.